The van der Waals surface area contributed by atoms with Gasteiger partial charge in [0.2, 0.25) is 0 Å². The molecule has 0 saturated carbocycles. The molecular weight excluding hydrogens is 808 g/mol. The van der Waals surface area contributed by atoms with Crippen molar-refractivity contribution in [2.75, 3.05) is 54.0 Å². The maximum atomic E-state index is 14.3. The fraction of sp³-hybridized carbons (Fsp3) is 0.511. The predicted octanol–water partition coefficient (Wildman–Crippen LogP) is 4.80. The van der Waals surface area contributed by atoms with Crippen LogP contribution in [-0.4, -0.2) is 106 Å². The molecule has 2 fully saturated rings. The van der Waals surface area contributed by atoms with Crippen molar-refractivity contribution in [3.05, 3.63) is 103 Å². The summed E-state index contributed by atoms with van der Waals surface area (Å²) in [5.74, 6) is -4.16. The molecule has 10 nitrogen and oxygen atoms in total. The Morgan fingerprint density at radius 1 is 0.877 bits per heavy atom. The van der Waals surface area contributed by atoms with Gasteiger partial charge in [-0.3, -0.25) is 0 Å². The predicted molar refractivity (Wildman–Crippen MR) is 221 cm³/mol. The Hall–Kier alpha value is -3.16. The molecule has 1 spiro atoms. The molecule has 0 amide bonds. The molecule has 2 bridgehead atoms. The Morgan fingerprint density at radius 2 is 1.49 bits per heavy atom. The van der Waals surface area contributed by atoms with E-state index >= 15 is 0 Å². The molecule has 308 valence electrons. The Labute approximate surface area is 344 Å². The van der Waals surface area contributed by atoms with Gasteiger partial charge >= 0.3 is 298 Å². The van der Waals surface area contributed by atoms with E-state index in [1.807, 2.05) is 42.5 Å². The van der Waals surface area contributed by atoms with Crippen LogP contribution in [0.2, 0.25) is 9.35 Å². The minimum atomic E-state index is -2.90. The summed E-state index contributed by atoms with van der Waals surface area (Å²) in [5, 5.41) is 14.8. The van der Waals surface area contributed by atoms with Gasteiger partial charge in [0.15, 0.2) is 0 Å². The van der Waals surface area contributed by atoms with Crippen LogP contribution in [0.4, 0.5) is 0 Å². The van der Waals surface area contributed by atoms with E-state index in [0.29, 0.717) is 57.9 Å². The Bertz CT molecular complexity index is 1770. The molecule has 0 radical (unpaired) electrons. The van der Waals surface area contributed by atoms with Crippen molar-refractivity contribution in [3.8, 4) is 0 Å². The van der Waals surface area contributed by atoms with Crippen LogP contribution in [0.1, 0.15) is 47.0 Å². The molecule has 0 aromatic heterocycles. The first kappa shape index (κ1) is 43.4. The van der Waals surface area contributed by atoms with E-state index in [1.54, 1.807) is 14.0 Å². The molecule has 3 aromatic rings. The number of methoxy groups -OCH3 is 2. The van der Waals surface area contributed by atoms with Gasteiger partial charge in [-0.25, -0.2) is 0 Å². The molecule has 2 saturated heterocycles. The number of aliphatic hydroxyl groups excluding tert-OH is 1. The van der Waals surface area contributed by atoms with Crippen molar-refractivity contribution < 1.29 is 47.5 Å². The number of hydrogen-bond acceptors (Lipinski definition) is 10. The van der Waals surface area contributed by atoms with Crippen molar-refractivity contribution in [1.29, 1.82) is 0 Å². The van der Waals surface area contributed by atoms with Crippen LogP contribution >= 0.6 is 0 Å². The molecule has 7 atom stereocenters. The quantitative estimate of drug-likeness (QED) is 0.0593. The van der Waals surface area contributed by atoms with Crippen LogP contribution in [0.3, 0.4) is 0 Å². The second-order valence-corrected chi connectivity index (χ2v) is 23.7. The molecule has 6 rings (SSSR count). The summed E-state index contributed by atoms with van der Waals surface area (Å²) < 4.78 is 41.9. The average molecular weight is 866 g/mol. The number of carbonyl (C=O) groups is 2. The van der Waals surface area contributed by atoms with E-state index in [2.05, 4.69) is 75.4 Å². The van der Waals surface area contributed by atoms with Gasteiger partial charge < -0.3 is 4.74 Å². The van der Waals surface area contributed by atoms with Gasteiger partial charge in [-0.2, -0.15) is 0 Å². The number of rotatable bonds is 19. The molecule has 57 heavy (non-hydrogen) atoms. The first-order chi connectivity index (χ1) is 27.4. The zero-order valence-corrected chi connectivity index (χ0v) is 36.7. The minimum absolute atomic E-state index is 0.101. The topological polar surface area (TPSA) is 119 Å². The van der Waals surface area contributed by atoms with E-state index < -0.39 is 63.3 Å². The number of hydrogen-bond donors (Lipinski definition) is 1. The average Bonchev–Trinajstić information content (AvgIpc) is 3.47. The van der Waals surface area contributed by atoms with Crippen LogP contribution in [0.15, 0.2) is 103 Å². The number of fused-ring (bicyclic) bond motifs is 1. The van der Waals surface area contributed by atoms with Crippen LogP contribution in [0.25, 0.3) is 0 Å². The summed E-state index contributed by atoms with van der Waals surface area (Å²) in [6.45, 7) is 10.5. The molecular formula is C45H58O10SeSi. The number of aliphatic hydroxyl groups is 1. The molecule has 2 heterocycles. The van der Waals surface area contributed by atoms with Crippen molar-refractivity contribution in [2.24, 2.45) is 23.7 Å². The van der Waals surface area contributed by atoms with E-state index in [4.69, 9.17) is 32.8 Å². The fourth-order valence-electron chi connectivity index (χ4n) is 9.14. The van der Waals surface area contributed by atoms with Gasteiger partial charge in [0.1, 0.15) is 0 Å². The Morgan fingerprint density at radius 3 is 2.09 bits per heavy atom. The monoisotopic (exact) mass is 866 g/mol. The van der Waals surface area contributed by atoms with Gasteiger partial charge in [0, 0.05) is 7.11 Å². The zero-order chi connectivity index (χ0) is 40.7. The van der Waals surface area contributed by atoms with Crippen LogP contribution < -0.4 is 14.8 Å². The van der Waals surface area contributed by atoms with Crippen molar-refractivity contribution >= 4 is 50.0 Å². The summed E-state index contributed by atoms with van der Waals surface area (Å²) in [5.41, 5.74) is 0.694. The third-order valence-electron chi connectivity index (χ3n) is 11.8. The number of esters is 2. The van der Waals surface area contributed by atoms with E-state index in [0.717, 1.165) is 14.8 Å². The molecule has 3 aliphatic rings. The SMILES string of the molecule is COCCOCOCC[C@H]1C=C2C(CCO[Si](c3ccccc3)(c3ccccc3)C(C)(C)C)C(=O)O[C@]23OCC[C@H]1[C@@H]3C(O)C(C)([Se]c1ccccc1)C(=O)OC. The van der Waals surface area contributed by atoms with Crippen molar-refractivity contribution in [1.82, 2.24) is 0 Å². The van der Waals surface area contributed by atoms with Gasteiger partial charge in [0.05, 0.1) is 0 Å². The summed E-state index contributed by atoms with van der Waals surface area (Å²) in [6.07, 6.45) is 2.45. The first-order valence-electron chi connectivity index (χ1n) is 19.9. The van der Waals surface area contributed by atoms with Gasteiger partial charge in [-0.1, -0.05) is 36.4 Å². The normalized spacial score (nSPS) is 24.8. The second kappa shape index (κ2) is 18.8. The van der Waals surface area contributed by atoms with Crippen LogP contribution in [-0.2, 0) is 42.4 Å². The van der Waals surface area contributed by atoms with E-state index in [-0.39, 0.29) is 23.7 Å². The standard InChI is InChI=1S/C45H58O10SeSi/c1-43(2,3)57(34-18-12-8-13-19-34,35-20-14-9-15-21-35)54-27-24-37-38-30-32(22-25-51-31-52-29-28-49-5)36-23-26-53-45(38,55-41(37)47)39(36)40(46)44(4,42(48)50-6)56-33-16-10-7-11-17-33/h7-21,30,32,36-37,39-40,46H,22-29,31H2,1-6H3/t32-,36+,37?,39+,40?,44?,45+/m0/s1. The Kier molecular flexibility index (Phi) is 14.3. The summed E-state index contributed by atoms with van der Waals surface area (Å²) in [7, 11) is 0.0727. The van der Waals surface area contributed by atoms with Crippen molar-refractivity contribution in [3.63, 3.8) is 0 Å². The number of allylic oxidation sites excluding steroid dienone is 1. The van der Waals surface area contributed by atoms with E-state index in [9.17, 15) is 14.7 Å². The van der Waals surface area contributed by atoms with Crippen LogP contribution in [0.5, 0.6) is 0 Å². The maximum absolute atomic E-state index is 14.3. The van der Waals surface area contributed by atoms with Gasteiger partial charge in [-0.15, -0.1) is 0 Å². The summed E-state index contributed by atoms with van der Waals surface area (Å²) in [6, 6.07) is 30.6. The second-order valence-electron chi connectivity index (χ2n) is 16.2. The van der Waals surface area contributed by atoms with Crippen molar-refractivity contribution in [2.45, 2.75) is 68.2 Å². The molecule has 12 heteroatoms. The van der Waals surface area contributed by atoms with E-state index in [1.165, 1.54) is 7.11 Å². The third kappa shape index (κ3) is 8.76. The molecule has 1 aliphatic carbocycles. The van der Waals surface area contributed by atoms with Gasteiger partial charge in [0.25, 0.3) is 0 Å². The van der Waals surface area contributed by atoms with Gasteiger partial charge in [-0.05, 0) is 0 Å². The summed E-state index contributed by atoms with van der Waals surface area (Å²) in [4.78, 5) is 28.1. The molecule has 2 aliphatic heterocycles. The molecule has 3 unspecified atom stereocenters. The molecule has 3 aromatic carbocycles. The van der Waals surface area contributed by atoms with Crippen LogP contribution in [0, 0.1) is 23.7 Å². The summed E-state index contributed by atoms with van der Waals surface area (Å²) >= 11 is -0.545. The fourth-order valence-corrected chi connectivity index (χ4v) is 16.3. The third-order valence-corrected chi connectivity index (χ3v) is 19.7. The molecule has 1 N–H and O–H groups in total. The Balaban J connectivity index is 1.35. The first-order valence-corrected chi connectivity index (χ1v) is 23.5. The number of benzene rings is 3. The zero-order valence-electron chi connectivity index (χ0n) is 34.0. The number of carbonyl (C=O) groups excluding carboxylic acids is 2. The number of ether oxygens (including phenoxy) is 6.